The Morgan fingerprint density at radius 1 is 1.32 bits per heavy atom. The minimum Gasteiger partial charge on any atom is -0.352 e. The van der Waals surface area contributed by atoms with Crippen molar-refractivity contribution >= 4 is 5.91 Å². The molecule has 4 rings (SSSR count). The molecular formula is C17H20N4O. The van der Waals surface area contributed by atoms with Crippen molar-refractivity contribution in [3.05, 3.63) is 42.4 Å². The van der Waals surface area contributed by atoms with Crippen molar-refractivity contribution in [3.8, 4) is 5.82 Å². The Kier molecular flexibility index (Phi) is 3.41. The first-order chi connectivity index (χ1) is 10.8. The van der Waals surface area contributed by atoms with Crippen LogP contribution in [0.4, 0.5) is 0 Å². The van der Waals surface area contributed by atoms with Crippen LogP contribution in [0.15, 0.2) is 36.8 Å². The smallest absolute Gasteiger partial charge is 0.223 e. The zero-order valence-electron chi connectivity index (χ0n) is 12.5. The second-order valence-corrected chi connectivity index (χ2v) is 6.47. The highest BCUT2D eigenvalue weighted by Gasteiger charge is 2.42. The molecule has 2 aliphatic rings. The first kappa shape index (κ1) is 13.5. The highest BCUT2D eigenvalue weighted by atomic mass is 16.1. The van der Waals surface area contributed by atoms with Crippen molar-refractivity contribution in [1.29, 1.82) is 0 Å². The number of aromatic nitrogens is 3. The third-order valence-corrected chi connectivity index (χ3v) is 5.09. The highest BCUT2D eigenvalue weighted by molar-refractivity contribution is 5.79. The molecule has 0 unspecified atom stereocenters. The van der Waals surface area contributed by atoms with Gasteiger partial charge in [-0.15, -0.1) is 0 Å². The summed E-state index contributed by atoms with van der Waals surface area (Å²) in [5.74, 6) is 2.67. The van der Waals surface area contributed by atoms with Gasteiger partial charge in [-0.25, -0.2) is 9.67 Å². The van der Waals surface area contributed by atoms with E-state index in [-0.39, 0.29) is 11.8 Å². The lowest BCUT2D eigenvalue weighted by atomic mass is 9.88. The molecular weight excluding hydrogens is 276 g/mol. The summed E-state index contributed by atoms with van der Waals surface area (Å²) in [5, 5.41) is 7.28. The van der Waals surface area contributed by atoms with Crippen LogP contribution < -0.4 is 5.32 Å². The van der Waals surface area contributed by atoms with Crippen molar-refractivity contribution in [2.45, 2.75) is 32.2 Å². The van der Waals surface area contributed by atoms with Crippen LogP contribution in [0.25, 0.3) is 5.82 Å². The zero-order valence-corrected chi connectivity index (χ0v) is 12.5. The van der Waals surface area contributed by atoms with Crippen molar-refractivity contribution in [3.63, 3.8) is 0 Å². The predicted octanol–water partition coefficient (Wildman–Crippen LogP) is 2.32. The van der Waals surface area contributed by atoms with Gasteiger partial charge in [0.15, 0.2) is 5.82 Å². The Balaban J connectivity index is 1.39. The van der Waals surface area contributed by atoms with Gasteiger partial charge in [0.25, 0.3) is 0 Å². The van der Waals surface area contributed by atoms with Crippen LogP contribution in [-0.2, 0) is 11.3 Å². The Morgan fingerprint density at radius 3 is 3.00 bits per heavy atom. The molecule has 0 aromatic carbocycles. The molecule has 5 nitrogen and oxygen atoms in total. The third-order valence-electron chi connectivity index (χ3n) is 5.09. The van der Waals surface area contributed by atoms with E-state index in [1.807, 2.05) is 24.4 Å². The molecule has 2 aromatic heterocycles. The summed E-state index contributed by atoms with van der Waals surface area (Å²) in [4.78, 5) is 16.7. The number of pyridine rings is 1. The van der Waals surface area contributed by atoms with Crippen LogP contribution in [0.5, 0.6) is 0 Å². The van der Waals surface area contributed by atoms with Crippen molar-refractivity contribution in [2.75, 3.05) is 0 Å². The minimum absolute atomic E-state index is 0.227. The monoisotopic (exact) mass is 296 g/mol. The highest BCUT2D eigenvalue weighted by Crippen LogP contribution is 2.48. The predicted molar refractivity (Wildman–Crippen MR) is 82.1 cm³/mol. The Hall–Kier alpha value is -2.17. The van der Waals surface area contributed by atoms with Gasteiger partial charge in [-0.1, -0.05) is 6.42 Å². The van der Waals surface area contributed by atoms with Crippen molar-refractivity contribution in [1.82, 2.24) is 20.1 Å². The molecule has 2 heterocycles. The standard InChI is InChI=1S/C17H20N4O/c22-17(15-9-12-2-3-14(15)8-12)19-11-13-4-6-18-16(10-13)21-7-1-5-20-21/h1,4-7,10,12,14-15H,2-3,8-9,11H2,(H,19,22)/t12-,14-,15-/m0/s1. The van der Waals surface area contributed by atoms with E-state index < -0.39 is 0 Å². The van der Waals surface area contributed by atoms with Gasteiger partial charge in [0, 0.05) is 31.1 Å². The number of nitrogens with zero attached hydrogens (tertiary/aromatic N) is 3. The van der Waals surface area contributed by atoms with Gasteiger partial charge in [0.05, 0.1) is 0 Å². The van der Waals surface area contributed by atoms with Crippen LogP contribution in [0, 0.1) is 17.8 Å². The molecule has 22 heavy (non-hydrogen) atoms. The van der Waals surface area contributed by atoms with Crippen LogP contribution in [0.3, 0.4) is 0 Å². The average molecular weight is 296 g/mol. The molecule has 1 amide bonds. The molecule has 0 spiro atoms. The molecule has 2 aliphatic carbocycles. The third kappa shape index (κ3) is 2.51. The largest absolute Gasteiger partial charge is 0.352 e. The second kappa shape index (κ2) is 5.55. The van der Waals surface area contributed by atoms with Crippen LogP contribution >= 0.6 is 0 Å². The van der Waals surface area contributed by atoms with Crippen LogP contribution in [0.1, 0.15) is 31.2 Å². The quantitative estimate of drug-likeness (QED) is 0.942. The number of nitrogens with one attached hydrogen (secondary N) is 1. The van der Waals surface area contributed by atoms with Crippen LogP contribution in [0.2, 0.25) is 0 Å². The zero-order chi connectivity index (χ0) is 14.9. The number of carbonyl (C=O) groups excluding carboxylic acids is 1. The fraction of sp³-hybridized carbons (Fsp3) is 0.471. The molecule has 2 aromatic rings. The maximum absolute atomic E-state index is 12.4. The molecule has 5 heteroatoms. The van der Waals surface area contributed by atoms with Gasteiger partial charge >= 0.3 is 0 Å². The summed E-state index contributed by atoms with van der Waals surface area (Å²) in [6.45, 7) is 0.559. The Labute approximate surface area is 129 Å². The first-order valence-electron chi connectivity index (χ1n) is 8.02. The molecule has 0 radical (unpaired) electrons. The van der Waals surface area contributed by atoms with E-state index in [0.29, 0.717) is 12.5 Å². The number of fused-ring (bicyclic) bond motifs is 2. The second-order valence-electron chi connectivity index (χ2n) is 6.47. The van der Waals surface area contributed by atoms with Crippen molar-refractivity contribution < 1.29 is 4.79 Å². The lowest BCUT2D eigenvalue weighted by Crippen LogP contribution is -2.33. The van der Waals surface area contributed by atoms with E-state index in [2.05, 4.69) is 15.4 Å². The molecule has 2 saturated carbocycles. The summed E-state index contributed by atoms with van der Waals surface area (Å²) in [6.07, 6.45) is 10.3. The number of amides is 1. The molecule has 114 valence electrons. The number of rotatable bonds is 4. The number of hydrogen-bond acceptors (Lipinski definition) is 3. The maximum Gasteiger partial charge on any atom is 0.223 e. The summed E-state index contributed by atoms with van der Waals surface area (Å²) in [7, 11) is 0. The Morgan fingerprint density at radius 2 is 2.27 bits per heavy atom. The molecule has 1 N–H and O–H groups in total. The van der Waals surface area contributed by atoms with Gasteiger partial charge in [0.1, 0.15) is 0 Å². The number of hydrogen-bond donors (Lipinski definition) is 1. The van der Waals surface area contributed by atoms with Crippen LogP contribution in [-0.4, -0.2) is 20.7 Å². The molecule has 0 aliphatic heterocycles. The lowest BCUT2D eigenvalue weighted by Gasteiger charge is -2.20. The van der Waals surface area contributed by atoms with E-state index in [1.54, 1.807) is 17.1 Å². The fourth-order valence-corrected chi connectivity index (χ4v) is 3.99. The van der Waals surface area contributed by atoms with E-state index in [9.17, 15) is 4.79 Å². The first-order valence-corrected chi connectivity index (χ1v) is 8.02. The fourth-order valence-electron chi connectivity index (χ4n) is 3.99. The van der Waals surface area contributed by atoms with Crippen molar-refractivity contribution in [2.24, 2.45) is 17.8 Å². The van der Waals surface area contributed by atoms with E-state index in [0.717, 1.165) is 23.7 Å². The summed E-state index contributed by atoms with van der Waals surface area (Å²) in [5.41, 5.74) is 1.05. The topological polar surface area (TPSA) is 59.8 Å². The SMILES string of the molecule is O=C(NCc1ccnc(-n2cccn2)c1)[C@H]1C[C@H]2CC[C@H]1C2. The normalized spacial score (nSPS) is 26.3. The van der Waals surface area contributed by atoms with Gasteiger partial charge in [-0.3, -0.25) is 4.79 Å². The number of carbonyl (C=O) groups is 1. The summed E-state index contributed by atoms with van der Waals surface area (Å²) < 4.78 is 1.72. The maximum atomic E-state index is 12.4. The van der Waals surface area contributed by atoms with E-state index in [4.69, 9.17) is 0 Å². The van der Waals surface area contributed by atoms with E-state index in [1.165, 1.54) is 19.3 Å². The van der Waals surface area contributed by atoms with Gasteiger partial charge < -0.3 is 5.32 Å². The molecule has 2 bridgehead atoms. The summed E-state index contributed by atoms with van der Waals surface area (Å²) >= 11 is 0. The Bertz CT molecular complexity index is 667. The lowest BCUT2D eigenvalue weighted by molar-refractivity contribution is -0.126. The molecule has 3 atom stereocenters. The average Bonchev–Trinajstić information content (AvgIpc) is 3.29. The summed E-state index contributed by atoms with van der Waals surface area (Å²) in [6, 6.07) is 5.77. The van der Waals surface area contributed by atoms with Gasteiger partial charge in [-0.05, 0) is 54.9 Å². The van der Waals surface area contributed by atoms with Gasteiger partial charge in [0.2, 0.25) is 5.91 Å². The molecule has 2 fully saturated rings. The molecule has 0 saturated heterocycles. The van der Waals surface area contributed by atoms with E-state index >= 15 is 0 Å². The van der Waals surface area contributed by atoms with Gasteiger partial charge in [-0.2, -0.15) is 5.10 Å². The minimum atomic E-state index is 0.227.